The topological polar surface area (TPSA) is 29.5 Å². The Kier molecular flexibility index (Phi) is 4.14. The molecule has 1 aliphatic rings. The van der Waals surface area contributed by atoms with Gasteiger partial charge in [-0.1, -0.05) is 42.8 Å². The lowest BCUT2D eigenvalue weighted by Gasteiger charge is -2.33. The molecule has 0 saturated carbocycles. The number of benzene rings is 2. The molecule has 0 bridgehead atoms. The van der Waals surface area contributed by atoms with Gasteiger partial charge in [0.25, 0.3) is 5.91 Å². The van der Waals surface area contributed by atoms with Crippen LogP contribution in [0.2, 0.25) is 0 Å². The maximum atomic E-state index is 12.5. The van der Waals surface area contributed by atoms with Crippen molar-refractivity contribution in [1.29, 1.82) is 0 Å². The predicted octanol–water partition coefficient (Wildman–Crippen LogP) is 3.60. The second-order valence-corrected chi connectivity index (χ2v) is 6.04. The number of nitrogens with zero attached hydrogens (tertiary/aromatic N) is 1. The lowest BCUT2D eigenvalue weighted by molar-refractivity contribution is -0.120. The molecule has 3 heteroatoms. The lowest BCUT2D eigenvalue weighted by Crippen LogP contribution is -2.41. The largest absolute Gasteiger partial charge is 0.484 e. The van der Waals surface area contributed by atoms with Crippen LogP contribution in [0.4, 0.5) is 5.69 Å². The van der Waals surface area contributed by atoms with Crippen molar-refractivity contribution in [2.24, 2.45) is 5.92 Å². The Morgan fingerprint density at radius 3 is 2.68 bits per heavy atom. The van der Waals surface area contributed by atoms with Gasteiger partial charge in [0.05, 0.1) is 0 Å². The zero-order chi connectivity index (χ0) is 15.5. The maximum Gasteiger partial charge on any atom is 0.264 e. The molecular weight excluding hydrogens is 274 g/mol. The molecule has 3 nitrogen and oxygen atoms in total. The molecule has 0 aromatic heterocycles. The summed E-state index contributed by atoms with van der Waals surface area (Å²) in [4.78, 5) is 14.4. The fraction of sp³-hybridized carbons (Fsp3) is 0.316. The average Bonchev–Trinajstić information content (AvgIpc) is 2.53. The Morgan fingerprint density at radius 1 is 1.18 bits per heavy atom. The average molecular weight is 295 g/mol. The normalized spacial score (nSPS) is 17.0. The molecule has 0 spiro atoms. The van der Waals surface area contributed by atoms with Crippen LogP contribution in [-0.2, 0) is 11.2 Å². The summed E-state index contributed by atoms with van der Waals surface area (Å²) in [5, 5.41) is 0. The monoisotopic (exact) mass is 295 g/mol. The first-order valence-electron chi connectivity index (χ1n) is 7.71. The van der Waals surface area contributed by atoms with Crippen molar-refractivity contribution >= 4 is 11.6 Å². The molecule has 1 aliphatic heterocycles. The molecule has 1 unspecified atom stereocenters. The van der Waals surface area contributed by atoms with E-state index in [2.05, 4.69) is 13.0 Å². The summed E-state index contributed by atoms with van der Waals surface area (Å²) < 4.78 is 5.64. The van der Waals surface area contributed by atoms with E-state index in [-0.39, 0.29) is 12.5 Å². The highest BCUT2D eigenvalue weighted by Gasteiger charge is 2.26. The van der Waals surface area contributed by atoms with Gasteiger partial charge in [0.15, 0.2) is 6.61 Å². The summed E-state index contributed by atoms with van der Waals surface area (Å²) in [5.41, 5.74) is 3.44. The highest BCUT2D eigenvalue weighted by atomic mass is 16.5. The first-order valence-corrected chi connectivity index (χ1v) is 7.71. The van der Waals surface area contributed by atoms with E-state index in [1.54, 1.807) is 0 Å². The van der Waals surface area contributed by atoms with Crippen LogP contribution in [0.25, 0.3) is 0 Å². The molecule has 0 radical (unpaired) electrons. The van der Waals surface area contributed by atoms with Crippen molar-refractivity contribution in [2.45, 2.75) is 20.3 Å². The van der Waals surface area contributed by atoms with E-state index in [9.17, 15) is 4.79 Å². The standard InChI is InChI=1S/C19H21NO2/c1-14-7-9-17(10-8-14)22-13-19(21)20-12-15(2)11-16-5-3-4-6-18(16)20/h3-10,15H,11-13H2,1-2H3. The Balaban J connectivity index is 1.71. The van der Waals surface area contributed by atoms with Crippen molar-refractivity contribution in [2.75, 3.05) is 18.1 Å². The Hall–Kier alpha value is -2.29. The molecule has 1 heterocycles. The van der Waals surface area contributed by atoms with Crippen molar-refractivity contribution in [1.82, 2.24) is 0 Å². The van der Waals surface area contributed by atoms with Crippen LogP contribution >= 0.6 is 0 Å². The summed E-state index contributed by atoms with van der Waals surface area (Å²) in [6.45, 7) is 5.04. The van der Waals surface area contributed by atoms with E-state index in [1.165, 1.54) is 11.1 Å². The SMILES string of the molecule is Cc1ccc(OCC(=O)N2CC(C)Cc3ccccc32)cc1. The molecule has 0 N–H and O–H groups in total. The van der Waals surface area contributed by atoms with E-state index < -0.39 is 0 Å². The number of carbonyl (C=O) groups excluding carboxylic acids is 1. The van der Waals surface area contributed by atoms with Gasteiger partial charge in [0, 0.05) is 12.2 Å². The lowest BCUT2D eigenvalue weighted by atomic mass is 9.94. The molecule has 1 amide bonds. The minimum Gasteiger partial charge on any atom is -0.484 e. The van der Waals surface area contributed by atoms with Crippen molar-refractivity contribution in [3.63, 3.8) is 0 Å². The van der Waals surface area contributed by atoms with Crippen LogP contribution in [0, 0.1) is 12.8 Å². The number of hydrogen-bond donors (Lipinski definition) is 0. The molecule has 2 aromatic rings. The molecule has 0 aliphatic carbocycles. The van der Waals surface area contributed by atoms with Gasteiger partial charge in [-0.05, 0) is 43.0 Å². The van der Waals surface area contributed by atoms with Crippen LogP contribution in [-0.4, -0.2) is 19.1 Å². The van der Waals surface area contributed by atoms with Gasteiger partial charge < -0.3 is 9.64 Å². The van der Waals surface area contributed by atoms with E-state index in [4.69, 9.17) is 4.74 Å². The van der Waals surface area contributed by atoms with Gasteiger partial charge in [-0.2, -0.15) is 0 Å². The quantitative estimate of drug-likeness (QED) is 0.866. The van der Waals surface area contributed by atoms with Gasteiger partial charge in [-0.3, -0.25) is 4.79 Å². The Bertz CT molecular complexity index is 663. The number of para-hydroxylation sites is 1. The summed E-state index contributed by atoms with van der Waals surface area (Å²) in [5.74, 6) is 1.22. The number of hydrogen-bond acceptors (Lipinski definition) is 2. The number of carbonyl (C=O) groups is 1. The second-order valence-electron chi connectivity index (χ2n) is 6.04. The third kappa shape index (κ3) is 3.14. The van der Waals surface area contributed by atoms with Crippen molar-refractivity contribution in [3.8, 4) is 5.75 Å². The molecule has 2 aromatic carbocycles. The summed E-state index contributed by atoms with van der Waals surface area (Å²) in [7, 11) is 0. The van der Waals surface area contributed by atoms with Crippen LogP contribution in [0.3, 0.4) is 0 Å². The van der Waals surface area contributed by atoms with Crippen molar-refractivity contribution < 1.29 is 9.53 Å². The van der Waals surface area contributed by atoms with Crippen LogP contribution < -0.4 is 9.64 Å². The van der Waals surface area contributed by atoms with Gasteiger partial charge >= 0.3 is 0 Å². The first kappa shape index (κ1) is 14.6. The molecule has 22 heavy (non-hydrogen) atoms. The molecular formula is C19H21NO2. The third-order valence-electron chi connectivity index (χ3n) is 4.03. The van der Waals surface area contributed by atoms with Gasteiger partial charge in [-0.15, -0.1) is 0 Å². The van der Waals surface area contributed by atoms with Crippen LogP contribution in [0.15, 0.2) is 48.5 Å². The van der Waals surface area contributed by atoms with Gasteiger partial charge in [-0.25, -0.2) is 0 Å². The van der Waals surface area contributed by atoms with Gasteiger partial charge in [0.1, 0.15) is 5.75 Å². The predicted molar refractivity (Wildman–Crippen MR) is 88.3 cm³/mol. The Labute approximate surface area is 131 Å². The summed E-state index contributed by atoms with van der Waals surface area (Å²) in [6, 6.07) is 15.9. The zero-order valence-electron chi connectivity index (χ0n) is 13.1. The fourth-order valence-electron chi connectivity index (χ4n) is 2.89. The number of aryl methyl sites for hydroxylation is 1. The fourth-order valence-corrected chi connectivity index (χ4v) is 2.89. The van der Waals surface area contributed by atoms with Crippen LogP contribution in [0.5, 0.6) is 5.75 Å². The minimum atomic E-state index is 0.0135. The number of fused-ring (bicyclic) bond motifs is 1. The molecule has 3 rings (SSSR count). The van der Waals surface area contributed by atoms with E-state index in [0.29, 0.717) is 5.92 Å². The minimum absolute atomic E-state index is 0.0135. The van der Waals surface area contributed by atoms with E-state index in [0.717, 1.165) is 24.4 Å². The summed E-state index contributed by atoms with van der Waals surface area (Å²) in [6.07, 6.45) is 1.03. The van der Waals surface area contributed by atoms with Gasteiger partial charge in [0.2, 0.25) is 0 Å². The molecule has 114 valence electrons. The number of amides is 1. The molecule has 0 saturated heterocycles. The second kappa shape index (κ2) is 6.22. The summed E-state index contributed by atoms with van der Waals surface area (Å²) >= 11 is 0. The van der Waals surface area contributed by atoms with E-state index in [1.807, 2.05) is 54.3 Å². The maximum absolute atomic E-state index is 12.5. The highest BCUT2D eigenvalue weighted by Crippen LogP contribution is 2.29. The molecule has 1 atom stereocenters. The van der Waals surface area contributed by atoms with Crippen LogP contribution in [0.1, 0.15) is 18.1 Å². The van der Waals surface area contributed by atoms with E-state index >= 15 is 0 Å². The highest BCUT2D eigenvalue weighted by molar-refractivity contribution is 5.95. The molecule has 0 fully saturated rings. The zero-order valence-corrected chi connectivity index (χ0v) is 13.1. The third-order valence-corrected chi connectivity index (χ3v) is 4.03. The smallest absolute Gasteiger partial charge is 0.264 e. The van der Waals surface area contributed by atoms with Crippen molar-refractivity contribution in [3.05, 3.63) is 59.7 Å². The number of rotatable bonds is 3. The Morgan fingerprint density at radius 2 is 1.91 bits per heavy atom. The number of anilines is 1. The first-order chi connectivity index (χ1) is 10.6. The number of ether oxygens (including phenoxy) is 1.